The number of nitrogens with zero attached hydrogens (tertiary/aromatic N) is 2. The molecule has 0 amide bonds. The summed E-state index contributed by atoms with van der Waals surface area (Å²) in [6, 6.07) is 16.6. The lowest BCUT2D eigenvalue weighted by atomic mass is 10.2. The molecule has 25 heavy (non-hydrogen) atoms. The topological polar surface area (TPSA) is 81.2 Å². The predicted molar refractivity (Wildman–Crippen MR) is 96.0 cm³/mol. The predicted octanol–water partition coefficient (Wildman–Crippen LogP) is 3.52. The molecule has 0 aliphatic rings. The molecule has 1 heterocycles. The van der Waals surface area contributed by atoms with E-state index in [1.165, 1.54) is 12.4 Å². The lowest BCUT2D eigenvalue weighted by Crippen LogP contribution is -2.15. The van der Waals surface area contributed by atoms with Crippen LogP contribution in [0.15, 0.2) is 67.0 Å². The van der Waals surface area contributed by atoms with Crippen LogP contribution in [0.3, 0.4) is 0 Å². The van der Waals surface area contributed by atoms with Gasteiger partial charge in [-0.2, -0.15) is 0 Å². The first-order valence-electron chi connectivity index (χ1n) is 7.61. The Labute approximate surface area is 146 Å². The van der Waals surface area contributed by atoms with Gasteiger partial charge >= 0.3 is 6.01 Å². The van der Waals surface area contributed by atoms with Crippen LogP contribution in [-0.2, 0) is 15.8 Å². The van der Waals surface area contributed by atoms with Crippen molar-refractivity contribution in [2.24, 2.45) is 0 Å². The minimum Gasteiger partial charge on any atom is -0.424 e. The van der Waals surface area contributed by atoms with Crippen molar-refractivity contribution in [3.8, 4) is 11.8 Å². The molecule has 1 N–H and O–H groups in total. The first-order chi connectivity index (χ1) is 12.0. The highest BCUT2D eigenvalue weighted by molar-refractivity contribution is 7.91. The molecule has 6 nitrogen and oxygen atoms in total. The summed E-state index contributed by atoms with van der Waals surface area (Å²) < 4.78 is 32.5. The minimum atomic E-state index is -3.55. The van der Waals surface area contributed by atoms with Crippen molar-refractivity contribution in [2.45, 2.75) is 12.7 Å². The molecule has 1 aromatic heterocycles. The van der Waals surface area contributed by atoms with Gasteiger partial charge < -0.3 is 4.74 Å². The van der Waals surface area contributed by atoms with E-state index in [9.17, 15) is 8.42 Å². The van der Waals surface area contributed by atoms with E-state index >= 15 is 0 Å². The zero-order valence-electron chi connectivity index (χ0n) is 13.6. The van der Waals surface area contributed by atoms with Crippen molar-refractivity contribution in [2.75, 3.05) is 4.72 Å². The Hall–Kier alpha value is -2.93. The van der Waals surface area contributed by atoms with E-state index in [1.54, 1.807) is 18.2 Å². The van der Waals surface area contributed by atoms with Crippen LogP contribution in [0.5, 0.6) is 11.8 Å². The van der Waals surface area contributed by atoms with Gasteiger partial charge in [0.2, 0.25) is 10.0 Å². The smallest absolute Gasteiger partial charge is 0.322 e. The first kappa shape index (κ1) is 16.9. The van der Waals surface area contributed by atoms with E-state index in [2.05, 4.69) is 14.7 Å². The van der Waals surface area contributed by atoms with Gasteiger partial charge in [-0.05, 0) is 24.6 Å². The molecule has 0 aliphatic carbocycles. The maximum absolute atomic E-state index is 12.3. The first-order valence-corrected chi connectivity index (χ1v) is 9.26. The fraction of sp³-hybridized carbons (Fsp3) is 0.111. The van der Waals surface area contributed by atoms with Gasteiger partial charge in [-0.1, -0.05) is 48.0 Å². The third kappa shape index (κ3) is 5.02. The molecule has 0 saturated carbocycles. The van der Waals surface area contributed by atoms with Gasteiger partial charge in [0.05, 0.1) is 23.8 Å². The molecule has 0 saturated heterocycles. The molecule has 7 heteroatoms. The van der Waals surface area contributed by atoms with E-state index in [-0.39, 0.29) is 17.5 Å². The number of hydrogen-bond donors (Lipinski definition) is 1. The molecule has 0 fully saturated rings. The van der Waals surface area contributed by atoms with Gasteiger partial charge in [0.1, 0.15) is 5.75 Å². The van der Waals surface area contributed by atoms with Gasteiger partial charge in [0.25, 0.3) is 0 Å². The molecule has 2 aromatic carbocycles. The number of para-hydroxylation sites is 1. The van der Waals surface area contributed by atoms with Crippen LogP contribution in [0.4, 0.5) is 5.69 Å². The number of rotatable bonds is 6. The summed E-state index contributed by atoms with van der Waals surface area (Å²) >= 11 is 0. The summed E-state index contributed by atoms with van der Waals surface area (Å²) in [6.45, 7) is 1.92. The Morgan fingerprint density at radius 1 is 1.00 bits per heavy atom. The summed E-state index contributed by atoms with van der Waals surface area (Å²) in [4.78, 5) is 8.04. The molecule has 0 aliphatic heterocycles. The molecule has 3 aromatic rings. The largest absolute Gasteiger partial charge is 0.424 e. The van der Waals surface area contributed by atoms with Gasteiger partial charge in [-0.15, -0.1) is 0 Å². The summed E-state index contributed by atoms with van der Waals surface area (Å²) in [5.74, 6) is 0.493. The van der Waals surface area contributed by atoms with Crippen molar-refractivity contribution in [1.29, 1.82) is 0 Å². The molecule has 3 rings (SSSR count). The maximum atomic E-state index is 12.3. The lowest BCUT2D eigenvalue weighted by molar-refractivity contribution is 0.442. The Bertz CT molecular complexity index is 943. The fourth-order valence-corrected chi connectivity index (χ4v) is 3.41. The van der Waals surface area contributed by atoms with Gasteiger partial charge in [-0.3, -0.25) is 4.72 Å². The van der Waals surface area contributed by atoms with E-state index < -0.39 is 10.0 Å². The van der Waals surface area contributed by atoms with Gasteiger partial charge in [0, 0.05) is 0 Å². The van der Waals surface area contributed by atoms with E-state index in [0.29, 0.717) is 5.75 Å². The molecule has 0 bridgehead atoms. The van der Waals surface area contributed by atoms with Crippen molar-refractivity contribution in [1.82, 2.24) is 9.97 Å². The number of anilines is 1. The number of hydrogen-bond acceptors (Lipinski definition) is 5. The third-order valence-corrected chi connectivity index (χ3v) is 4.55. The standard InChI is InChI=1S/C18H17N3O3S/c1-14-6-5-7-15(10-14)13-25(22,23)21-16-11-19-18(20-12-16)24-17-8-3-2-4-9-17/h2-12,21H,13H2,1H3. The van der Waals surface area contributed by atoms with Crippen LogP contribution in [-0.4, -0.2) is 18.4 Å². The zero-order chi connectivity index (χ0) is 17.7. The normalized spacial score (nSPS) is 11.1. The highest BCUT2D eigenvalue weighted by atomic mass is 32.2. The van der Waals surface area contributed by atoms with E-state index in [4.69, 9.17) is 4.74 Å². The number of aryl methyl sites for hydroxylation is 1. The van der Waals surface area contributed by atoms with Gasteiger partial charge in [-0.25, -0.2) is 18.4 Å². The number of ether oxygens (including phenoxy) is 1. The molecular weight excluding hydrogens is 338 g/mol. The van der Waals surface area contributed by atoms with Crippen LogP contribution in [0.25, 0.3) is 0 Å². The van der Waals surface area contributed by atoms with Crippen LogP contribution in [0, 0.1) is 6.92 Å². The summed E-state index contributed by atoms with van der Waals surface area (Å²) in [6.07, 6.45) is 2.75. The average molecular weight is 355 g/mol. The highest BCUT2D eigenvalue weighted by Gasteiger charge is 2.13. The lowest BCUT2D eigenvalue weighted by Gasteiger charge is -2.09. The quantitative estimate of drug-likeness (QED) is 0.732. The number of nitrogens with one attached hydrogen (secondary N) is 1. The number of aromatic nitrogens is 2. The van der Waals surface area contributed by atoms with Crippen LogP contribution < -0.4 is 9.46 Å². The van der Waals surface area contributed by atoms with Crippen molar-refractivity contribution >= 4 is 15.7 Å². The number of benzene rings is 2. The second-order valence-corrected chi connectivity index (χ2v) is 7.24. The number of sulfonamides is 1. The molecule has 0 atom stereocenters. The molecular formula is C18H17N3O3S. The van der Waals surface area contributed by atoms with Crippen molar-refractivity contribution < 1.29 is 13.2 Å². The third-order valence-electron chi connectivity index (χ3n) is 3.29. The van der Waals surface area contributed by atoms with Crippen molar-refractivity contribution in [3.05, 3.63) is 78.1 Å². The molecule has 0 spiro atoms. The second kappa shape index (κ2) is 7.31. The maximum Gasteiger partial charge on any atom is 0.322 e. The summed E-state index contributed by atoms with van der Waals surface area (Å²) in [5.41, 5.74) is 2.02. The Morgan fingerprint density at radius 2 is 1.72 bits per heavy atom. The van der Waals surface area contributed by atoms with E-state index in [1.807, 2.05) is 43.3 Å². The van der Waals surface area contributed by atoms with Crippen LogP contribution in [0.1, 0.15) is 11.1 Å². The van der Waals surface area contributed by atoms with Crippen LogP contribution >= 0.6 is 0 Å². The second-order valence-electron chi connectivity index (χ2n) is 5.52. The molecule has 0 unspecified atom stereocenters. The fourth-order valence-electron chi connectivity index (χ4n) is 2.25. The van der Waals surface area contributed by atoms with Crippen molar-refractivity contribution in [3.63, 3.8) is 0 Å². The molecule has 128 valence electrons. The zero-order valence-corrected chi connectivity index (χ0v) is 14.4. The minimum absolute atomic E-state index is 0.114. The SMILES string of the molecule is Cc1cccc(CS(=O)(=O)Nc2cnc(Oc3ccccc3)nc2)c1. The Balaban J connectivity index is 1.66. The average Bonchev–Trinajstić information content (AvgIpc) is 2.57. The monoisotopic (exact) mass is 355 g/mol. The van der Waals surface area contributed by atoms with E-state index in [0.717, 1.165) is 11.1 Å². The van der Waals surface area contributed by atoms with Gasteiger partial charge in [0.15, 0.2) is 0 Å². The highest BCUT2D eigenvalue weighted by Crippen LogP contribution is 2.18. The van der Waals surface area contributed by atoms with Crippen LogP contribution in [0.2, 0.25) is 0 Å². The Kier molecular flexibility index (Phi) is 4.95. The Morgan fingerprint density at radius 3 is 2.40 bits per heavy atom. The summed E-state index contributed by atoms with van der Waals surface area (Å²) in [7, 11) is -3.55. The summed E-state index contributed by atoms with van der Waals surface area (Å²) in [5, 5.41) is 0. The molecule has 0 radical (unpaired) electrons.